The number of para-hydroxylation sites is 1. The minimum atomic E-state index is -0.0881. The highest BCUT2D eigenvalue weighted by molar-refractivity contribution is 5.96. The van der Waals surface area contributed by atoms with Gasteiger partial charge in [-0.05, 0) is 57.8 Å². The molecule has 1 atom stereocenters. The Labute approximate surface area is 126 Å². The van der Waals surface area contributed by atoms with Gasteiger partial charge in [-0.1, -0.05) is 18.2 Å². The summed E-state index contributed by atoms with van der Waals surface area (Å²) in [5.41, 5.74) is 2.46. The molecular weight excluding hydrogens is 262 g/mol. The molecule has 1 amide bonds. The number of aryl methyl sites for hydroxylation is 1. The van der Waals surface area contributed by atoms with Gasteiger partial charge in [-0.2, -0.15) is 0 Å². The van der Waals surface area contributed by atoms with Crippen LogP contribution in [0, 0.1) is 0 Å². The number of hydrogen-bond acceptors (Lipinski definition) is 3. The van der Waals surface area contributed by atoms with Crippen LogP contribution in [0.25, 0.3) is 0 Å². The SMILES string of the molecule is CN(C)C1(CNC2CCc3ccccc3NC2=O)CCC1. The summed E-state index contributed by atoms with van der Waals surface area (Å²) in [7, 11) is 4.29. The van der Waals surface area contributed by atoms with Crippen molar-refractivity contribution in [2.75, 3.05) is 26.0 Å². The van der Waals surface area contributed by atoms with Gasteiger partial charge in [-0.15, -0.1) is 0 Å². The van der Waals surface area contributed by atoms with Crippen LogP contribution in [0.1, 0.15) is 31.2 Å². The van der Waals surface area contributed by atoms with Gasteiger partial charge >= 0.3 is 0 Å². The molecule has 2 N–H and O–H groups in total. The average molecular weight is 287 g/mol. The Balaban J connectivity index is 1.64. The van der Waals surface area contributed by atoms with Crippen LogP contribution in [0.15, 0.2) is 24.3 Å². The summed E-state index contributed by atoms with van der Waals surface area (Å²) < 4.78 is 0. The van der Waals surface area contributed by atoms with Gasteiger partial charge in [0.15, 0.2) is 0 Å². The Morgan fingerprint density at radius 3 is 2.76 bits per heavy atom. The van der Waals surface area contributed by atoms with Crippen LogP contribution in [-0.2, 0) is 11.2 Å². The van der Waals surface area contributed by atoms with Crippen molar-refractivity contribution in [2.24, 2.45) is 0 Å². The predicted molar refractivity (Wildman–Crippen MR) is 85.5 cm³/mol. The summed E-state index contributed by atoms with van der Waals surface area (Å²) >= 11 is 0. The number of likely N-dealkylation sites (N-methyl/N-ethyl adjacent to an activating group) is 1. The topological polar surface area (TPSA) is 44.4 Å². The highest BCUT2D eigenvalue weighted by atomic mass is 16.2. The van der Waals surface area contributed by atoms with Crippen LogP contribution in [0.4, 0.5) is 5.69 Å². The monoisotopic (exact) mass is 287 g/mol. The second kappa shape index (κ2) is 5.78. The van der Waals surface area contributed by atoms with Crippen LogP contribution >= 0.6 is 0 Å². The van der Waals surface area contributed by atoms with Crippen LogP contribution < -0.4 is 10.6 Å². The number of fused-ring (bicyclic) bond motifs is 1. The maximum absolute atomic E-state index is 12.4. The largest absolute Gasteiger partial charge is 0.324 e. The standard InChI is InChI=1S/C17H25N3O/c1-20(2)17(10-5-11-17)12-18-15-9-8-13-6-3-4-7-14(13)19-16(15)21/h3-4,6-7,15,18H,5,8-12H2,1-2H3,(H,19,21). The molecule has 0 spiro atoms. The molecule has 4 heteroatoms. The number of benzene rings is 1. The number of hydrogen-bond donors (Lipinski definition) is 2. The molecule has 1 heterocycles. The Bertz CT molecular complexity index is 523. The van der Waals surface area contributed by atoms with Gasteiger partial charge in [0.25, 0.3) is 0 Å². The first-order chi connectivity index (χ1) is 10.1. The summed E-state index contributed by atoms with van der Waals surface area (Å²) in [5, 5.41) is 6.58. The third kappa shape index (κ3) is 2.83. The molecule has 1 aliphatic carbocycles. The van der Waals surface area contributed by atoms with Crippen molar-refractivity contribution in [1.82, 2.24) is 10.2 Å². The molecule has 4 nitrogen and oxygen atoms in total. The van der Waals surface area contributed by atoms with E-state index in [1.807, 2.05) is 18.2 Å². The number of carbonyl (C=O) groups is 1. The number of amides is 1. The molecule has 1 saturated carbocycles. The quantitative estimate of drug-likeness (QED) is 0.890. The fraction of sp³-hybridized carbons (Fsp3) is 0.588. The average Bonchev–Trinajstić information content (AvgIpc) is 2.56. The zero-order valence-electron chi connectivity index (χ0n) is 13.0. The third-order valence-corrected chi connectivity index (χ3v) is 5.20. The highest BCUT2D eigenvalue weighted by Crippen LogP contribution is 2.35. The van der Waals surface area contributed by atoms with Crippen molar-refractivity contribution in [1.29, 1.82) is 0 Å². The number of nitrogens with one attached hydrogen (secondary N) is 2. The molecule has 1 aliphatic heterocycles. The molecule has 0 aromatic heterocycles. The second-order valence-electron chi connectivity index (χ2n) is 6.59. The van der Waals surface area contributed by atoms with Gasteiger partial charge < -0.3 is 15.5 Å². The lowest BCUT2D eigenvalue weighted by Crippen LogP contribution is -2.58. The van der Waals surface area contributed by atoms with E-state index in [0.717, 1.165) is 25.1 Å². The van der Waals surface area contributed by atoms with E-state index in [-0.39, 0.29) is 17.5 Å². The molecule has 3 rings (SSSR count). The summed E-state index contributed by atoms with van der Waals surface area (Å²) in [6.07, 6.45) is 5.55. The van der Waals surface area contributed by atoms with Gasteiger partial charge in [0, 0.05) is 17.8 Å². The van der Waals surface area contributed by atoms with Crippen LogP contribution in [0.5, 0.6) is 0 Å². The van der Waals surface area contributed by atoms with E-state index in [9.17, 15) is 4.79 Å². The molecule has 114 valence electrons. The Kier molecular flexibility index (Phi) is 4.00. The summed E-state index contributed by atoms with van der Waals surface area (Å²) in [5.74, 6) is 0.105. The molecule has 1 unspecified atom stereocenters. The summed E-state index contributed by atoms with van der Waals surface area (Å²) in [6.45, 7) is 0.897. The smallest absolute Gasteiger partial charge is 0.241 e. The minimum absolute atomic E-state index is 0.0881. The van der Waals surface area contributed by atoms with Gasteiger partial charge in [-0.25, -0.2) is 0 Å². The molecular formula is C17H25N3O. The molecule has 1 fully saturated rings. The Morgan fingerprint density at radius 1 is 1.33 bits per heavy atom. The fourth-order valence-electron chi connectivity index (χ4n) is 3.39. The van der Waals surface area contributed by atoms with Crippen molar-refractivity contribution in [3.8, 4) is 0 Å². The number of anilines is 1. The molecule has 21 heavy (non-hydrogen) atoms. The second-order valence-corrected chi connectivity index (χ2v) is 6.59. The fourth-order valence-corrected chi connectivity index (χ4v) is 3.39. The van der Waals surface area contributed by atoms with Crippen LogP contribution in [0.3, 0.4) is 0 Å². The van der Waals surface area contributed by atoms with E-state index >= 15 is 0 Å². The zero-order chi connectivity index (χ0) is 14.9. The first-order valence-corrected chi connectivity index (χ1v) is 7.90. The summed E-state index contributed by atoms with van der Waals surface area (Å²) in [4.78, 5) is 14.7. The molecule has 1 aromatic rings. The highest BCUT2D eigenvalue weighted by Gasteiger charge is 2.39. The third-order valence-electron chi connectivity index (χ3n) is 5.20. The maximum atomic E-state index is 12.4. The van der Waals surface area contributed by atoms with E-state index in [0.29, 0.717) is 0 Å². The first-order valence-electron chi connectivity index (χ1n) is 7.90. The zero-order valence-corrected chi connectivity index (χ0v) is 13.0. The van der Waals surface area contributed by atoms with Crippen LogP contribution in [-0.4, -0.2) is 43.0 Å². The lowest BCUT2D eigenvalue weighted by Gasteiger charge is -2.48. The van der Waals surface area contributed by atoms with Crippen molar-refractivity contribution in [3.05, 3.63) is 29.8 Å². The molecule has 2 aliphatic rings. The minimum Gasteiger partial charge on any atom is -0.324 e. The van der Waals surface area contributed by atoms with E-state index in [2.05, 4.69) is 35.7 Å². The van der Waals surface area contributed by atoms with Crippen LogP contribution in [0.2, 0.25) is 0 Å². The van der Waals surface area contributed by atoms with Crippen molar-refractivity contribution in [3.63, 3.8) is 0 Å². The molecule has 1 aromatic carbocycles. The normalized spacial score (nSPS) is 24.0. The van der Waals surface area contributed by atoms with E-state index in [1.165, 1.54) is 24.8 Å². The first kappa shape index (κ1) is 14.5. The lowest BCUT2D eigenvalue weighted by atomic mass is 9.75. The molecule has 0 saturated heterocycles. The molecule has 0 radical (unpaired) electrons. The van der Waals surface area contributed by atoms with Gasteiger partial charge in [0.05, 0.1) is 6.04 Å². The van der Waals surface area contributed by atoms with Gasteiger partial charge in [-0.3, -0.25) is 4.79 Å². The predicted octanol–water partition coefficient (Wildman–Crippen LogP) is 2.01. The van der Waals surface area contributed by atoms with Gasteiger partial charge in [0.1, 0.15) is 0 Å². The van der Waals surface area contributed by atoms with Crippen molar-refractivity contribution >= 4 is 11.6 Å². The van der Waals surface area contributed by atoms with Crippen molar-refractivity contribution in [2.45, 2.75) is 43.7 Å². The van der Waals surface area contributed by atoms with E-state index < -0.39 is 0 Å². The lowest BCUT2D eigenvalue weighted by molar-refractivity contribution is -0.118. The Morgan fingerprint density at radius 2 is 2.10 bits per heavy atom. The van der Waals surface area contributed by atoms with E-state index in [4.69, 9.17) is 0 Å². The Hall–Kier alpha value is -1.39. The number of carbonyl (C=O) groups excluding carboxylic acids is 1. The summed E-state index contributed by atoms with van der Waals surface area (Å²) in [6, 6.07) is 8.01. The number of rotatable bonds is 4. The van der Waals surface area contributed by atoms with E-state index in [1.54, 1.807) is 0 Å². The maximum Gasteiger partial charge on any atom is 0.241 e. The molecule has 0 bridgehead atoms. The van der Waals surface area contributed by atoms with Crippen molar-refractivity contribution < 1.29 is 4.79 Å². The van der Waals surface area contributed by atoms with Gasteiger partial charge in [0.2, 0.25) is 5.91 Å². The number of nitrogens with zero attached hydrogens (tertiary/aromatic N) is 1.